The van der Waals surface area contributed by atoms with Crippen LogP contribution in [0.15, 0.2) is 30.5 Å². The summed E-state index contributed by atoms with van der Waals surface area (Å²) in [5, 5.41) is 1.15. The minimum absolute atomic E-state index is 0.150. The number of carbonyl (C=O) groups is 2. The fourth-order valence-electron chi connectivity index (χ4n) is 3.53. The Labute approximate surface area is 149 Å². The zero-order valence-electron chi connectivity index (χ0n) is 15.2. The molecule has 1 aromatic heterocycles. The molecule has 5 heteroatoms. The largest absolute Gasteiger partial charge is 0.350 e. The third-order valence-corrected chi connectivity index (χ3v) is 5.05. The Bertz CT molecular complexity index is 757. The number of hydrogen-bond donors (Lipinski definition) is 0. The zero-order chi connectivity index (χ0) is 17.8. The van der Waals surface area contributed by atoms with Gasteiger partial charge in [0.2, 0.25) is 11.8 Å². The predicted molar refractivity (Wildman–Crippen MR) is 99.3 cm³/mol. The number of aryl methyl sites for hydroxylation is 1. The number of carbonyl (C=O) groups excluding carboxylic acids is 2. The third-order valence-electron chi connectivity index (χ3n) is 5.05. The maximum Gasteiger partial charge on any atom is 0.227 e. The summed E-state index contributed by atoms with van der Waals surface area (Å²) in [5.41, 5.74) is 2.22. The molecule has 2 heterocycles. The molecule has 0 bridgehead atoms. The standard InChI is InChI=1S/C20H27N3O2/c1-3-4-9-19(24)22-10-12-23(13-11-22)20(25)14-16-15-21(2)18-8-6-5-7-17(16)18/h5-8,15H,3-4,9-14H2,1-2H3. The lowest BCUT2D eigenvalue weighted by Gasteiger charge is -2.35. The number of fused-ring (bicyclic) bond motifs is 1. The molecule has 2 amide bonds. The number of para-hydroxylation sites is 1. The minimum atomic E-state index is 0.150. The predicted octanol–water partition coefficient (Wildman–Crippen LogP) is 2.58. The first-order chi connectivity index (χ1) is 12.1. The van der Waals surface area contributed by atoms with E-state index in [9.17, 15) is 9.59 Å². The average molecular weight is 341 g/mol. The highest BCUT2D eigenvalue weighted by atomic mass is 16.2. The van der Waals surface area contributed by atoms with Crippen molar-refractivity contribution in [2.75, 3.05) is 26.2 Å². The molecule has 134 valence electrons. The fraction of sp³-hybridized carbons (Fsp3) is 0.500. The molecule has 1 aliphatic rings. The van der Waals surface area contributed by atoms with Crippen LogP contribution in [-0.2, 0) is 23.1 Å². The summed E-state index contributed by atoms with van der Waals surface area (Å²) >= 11 is 0. The van der Waals surface area contributed by atoms with Gasteiger partial charge in [-0.25, -0.2) is 0 Å². The average Bonchev–Trinajstić information content (AvgIpc) is 2.96. The van der Waals surface area contributed by atoms with Gasteiger partial charge >= 0.3 is 0 Å². The van der Waals surface area contributed by atoms with Crippen LogP contribution in [0.2, 0.25) is 0 Å². The first-order valence-corrected chi connectivity index (χ1v) is 9.18. The van der Waals surface area contributed by atoms with Gasteiger partial charge in [0, 0.05) is 56.7 Å². The van der Waals surface area contributed by atoms with Gasteiger partial charge < -0.3 is 14.4 Å². The lowest BCUT2D eigenvalue weighted by Crippen LogP contribution is -2.50. The Morgan fingerprint density at radius 3 is 2.32 bits per heavy atom. The molecule has 3 rings (SSSR count). The van der Waals surface area contributed by atoms with Crippen LogP contribution in [0.3, 0.4) is 0 Å². The second-order valence-corrected chi connectivity index (χ2v) is 6.82. The summed E-state index contributed by atoms with van der Waals surface area (Å²) in [5.74, 6) is 0.375. The van der Waals surface area contributed by atoms with Gasteiger partial charge in [-0.1, -0.05) is 31.5 Å². The van der Waals surface area contributed by atoms with Gasteiger partial charge in [-0.15, -0.1) is 0 Å². The van der Waals surface area contributed by atoms with Gasteiger partial charge in [0.05, 0.1) is 6.42 Å². The van der Waals surface area contributed by atoms with Crippen LogP contribution in [0.5, 0.6) is 0 Å². The highest BCUT2D eigenvalue weighted by molar-refractivity contribution is 5.89. The quantitative estimate of drug-likeness (QED) is 0.839. The first-order valence-electron chi connectivity index (χ1n) is 9.18. The molecular weight excluding hydrogens is 314 g/mol. The Balaban J connectivity index is 1.59. The Hall–Kier alpha value is -2.30. The number of nitrogens with zero attached hydrogens (tertiary/aromatic N) is 3. The van der Waals surface area contributed by atoms with Crippen molar-refractivity contribution in [3.05, 3.63) is 36.0 Å². The molecule has 2 aromatic rings. The van der Waals surface area contributed by atoms with E-state index in [-0.39, 0.29) is 11.8 Å². The van der Waals surface area contributed by atoms with Crippen molar-refractivity contribution in [3.8, 4) is 0 Å². The van der Waals surface area contributed by atoms with Crippen molar-refractivity contribution in [2.24, 2.45) is 7.05 Å². The number of piperazine rings is 1. The number of aromatic nitrogens is 1. The molecular formula is C20H27N3O2. The van der Waals surface area contributed by atoms with Crippen LogP contribution in [0.1, 0.15) is 31.7 Å². The minimum Gasteiger partial charge on any atom is -0.350 e. The van der Waals surface area contributed by atoms with Gasteiger partial charge in [-0.05, 0) is 18.1 Å². The van der Waals surface area contributed by atoms with E-state index in [1.165, 1.54) is 0 Å². The van der Waals surface area contributed by atoms with Crippen LogP contribution in [0, 0.1) is 0 Å². The van der Waals surface area contributed by atoms with Crippen LogP contribution >= 0.6 is 0 Å². The molecule has 1 aromatic carbocycles. The van der Waals surface area contributed by atoms with E-state index in [1.54, 1.807) is 0 Å². The van der Waals surface area contributed by atoms with Crippen molar-refractivity contribution in [1.82, 2.24) is 14.4 Å². The SMILES string of the molecule is CCCCC(=O)N1CCN(C(=O)Cc2cn(C)c3ccccc23)CC1. The second kappa shape index (κ2) is 7.72. The van der Waals surface area contributed by atoms with E-state index in [1.807, 2.05) is 35.2 Å². The number of benzene rings is 1. The van der Waals surface area contributed by atoms with Gasteiger partial charge in [-0.2, -0.15) is 0 Å². The van der Waals surface area contributed by atoms with Crippen molar-refractivity contribution >= 4 is 22.7 Å². The highest BCUT2D eigenvalue weighted by Gasteiger charge is 2.24. The van der Waals surface area contributed by atoms with Gasteiger partial charge in [0.1, 0.15) is 0 Å². The second-order valence-electron chi connectivity index (χ2n) is 6.82. The molecule has 0 atom stereocenters. The molecule has 0 radical (unpaired) electrons. The first kappa shape index (κ1) is 17.5. The molecule has 25 heavy (non-hydrogen) atoms. The lowest BCUT2D eigenvalue weighted by molar-refractivity contribution is -0.139. The Kier molecular flexibility index (Phi) is 5.41. The van der Waals surface area contributed by atoms with Crippen molar-refractivity contribution in [1.29, 1.82) is 0 Å². The summed E-state index contributed by atoms with van der Waals surface area (Å²) in [7, 11) is 2.01. The molecule has 0 aliphatic carbocycles. The molecule has 1 aliphatic heterocycles. The van der Waals surface area contributed by atoms with Gasteiger partial charge in [0.15, 0.2) is 0 Å². The zero-order valence-corrected chi connectivity index (χ0v) is 15.2. The molecule has 1 fully saturated rings. The van der Waals surface area contributed by atoms with Crippen molar-refractivity contribution in [2.45, 2.75) is 32.6 Å². The highest BCUT2D eigenvalue weighted by Crippen LogP contribution is 2.21. The van der Waals surface area contributed by atoms with Crippen LogP contribution in [0.25, 0.3) is 10.9 Å². The smallest absolute Gasteiger partial charge is 0.227 e. The molecule has 5 nitrogen and oxygen atoms in total. The Morgan fingerprint density at radius 2 is 1.64 bits per heavy atom. The lowest BCUT2D eigenvalue weighted by atomic mass is 10.1. The summed E-state index contributed by atoms with van der Waals surface area (Å²) in [6, 6.07) is 8.17. The maximum atomic E-state index is 12.7. The van der Waals surface area contributed by atoms with Crippen LogP contribution in [-0.4, -0.2) is 52.4 Å². The van der Waals surface area contributed by atoms with Gasteiger partial charge in [0.25, 0.3) is 0 Å². The Morgan fingerprint density at radius 1 is 1.00 bits per heavy atom. The molecule has 0 unspecified atom stereocenters. The van der Waals surface area contributed by atoms with E-state index < -0.39 is 0 Å². The monoisotopic (exact) mass is 341 g/mol. The van der Waals surface area contributed by atoms with E-state index in [4.69, 9.17) is 0 Å². The van der Waals surface area contributed by atoms with Crippen molar-refractivity contribution < 1.29 is 9.59 Å². The molecule has 0 spiro atoms. The fourth-order valence-corrected chi connectivity index (χ4v) is 3.53. The summed E-state index contributed by atoms with van der Waals surface area (Å²) in [6.07, 6.45) is 5.08. The van der Waals surface area contributed by atoms with E-state index in [2.05, 4.69) is 23.6 Å². The number of rotatable bonds is 5. The van der Waals surface area contributed by atoms with Crippen molar-refractivity contribution in [3.63, 3.8) is 0 Å². The van der Waals surface area contributed by atoms with E-state index in [0.717, 1.165) is 29.3 Å². The topological polar surface area (TPSA) is 45.6 Å². The van der Waals surface area contributed by atoms with Crippen LogP contribution < -0.4 is 0 Å². The number of amides is 2. The maximum absolute atomic E-state index is 12.7. The van der Waals surface area contributed by atoms with Crippen LogP contribution in [0.4, 0.5) is 0 Å². The summed E-state index contributed by atoms with van der Waals surface area (Å²) in [6.45, 7) is 4.69. The number of hydrogen-bond acceptors (Lipinski definition) is 2. The van der Waals surface area contributed by atoms with E-state index in [0.29, 0.717) is 39.0 Å². The molecule has 0 saturated carbocycles. The van der Waals surface area contributed by atoms with Gasteiger partial charge in [-0.3, -0.25) is 9.59 Å². The summed E-state index contributed by atoms with van der Waals surface area (Å²) < 4.78 is 2.07. The third kappa shape index (κ3) is 3.86. The molecule has 0 N–H and O–H groups in total. The normalized spacial score (nSPS) is 15.0. The van der Waals surface area contributed by atoms with E-state index >= 15 is 0 Å². The number of unbranched alkanes of at least 4 members (excludes halogenated alkanes) is 1. The molecule has 1 saturated heterocycles. The summed E-state index contributed by atoms with van der Waals surface area (Å²) in [4.78, 5) is 28.6.